The van der Waals surface area contributed by atoms with Crippen LogP contribution in [0.1, 0.15) is 51.6 Å². The molecule has 2 N–H and O–H groups in total. The van der Waals surface area contributed by atoms with Crippen LogP contribution >= 0.6 is 0 Å². The van der Waals surface area contributed by atoms with Crippen LogP contribution in [0.2, 0.25) is 0 Å². The highest BCUT2D eigenvalue weighted by Gasteiger charge is 2.28. The summed E-state index contributed by atoms with van der Waals surface area (Å²) in [7, 11) is 0. The van der Waals surface area contributed by atoms with Gasteiger partial charge in [0, 0.05) is 18.6 Å². The van der Waals surface area contributed by atoms with Gasteiger partial charge in [-0.1, -0.05) is 32.9 Å². The number of hydrogen-bond donors (Lipinski definition) is 1. The zero-order valence-corrected chi connectivity index (χ0v) is 13.7. The van der Waals surface area contributed by atoms with E-state index >= 15 is 0 Å². The third-order valence-corrected chi connectivity index (χ3v) is 4.40. The summed E-state index contributed by atoms with van der Waals surface area (Å²) in [5.41, 5.74) is 7.61. The van der Waals surface area contributed by atoms with Gasteiger partial charge in [0.2, 0.25) is 0 Å². The minimum Gasteiger partial charge on any atom is -0.494 e. The lowest BCUT2D eigenvalue weighted by Crippen LogP contribution is -2.38. The molecule has 1 heterocycles. The van der Waals surface area contributed by atoms with Crippen molar-refractivity contribution < 1.29 is 4.74 Å². The van der Waals surface area contributed by atoms with Gasteiger partial charge in [-0.25, -0.2) is 0 Å². The number of nitrogens with zero attached hydrogens (tertiary/aromatic N) is 1. The smallest absolute Gasteiger partial charge is 0.119 e. The van der Waals surface area contributed by atoms with Gasteiger partial charge in [0.1, 0.15) is 5.75 Å². The van der Waals surface area contributed by atoms with Crippen LogP contribution in [0.5, 0.6) is 5.75 Å². The molecule has 21 heavy (non-hydrogen) atoms. The quantitative estimate of drug-likeness (QED) is 0.834. The molecule has 0 bridgehead atoms. The molecule has 2 atom stereocenters. The standard InChI is InChI=1S/C18H30N2O/c1-4-12-21-16-9-7-15(8-10-16)17(19)13-20-11-5-6-18(20)14(2)3/h7-10,14,17-18H,4-6,11-13,19H2,1-3H3. The average molecular weight is 290 g/mol. The van der Waals surface area contributed by atoms with Crippen LogP contribution in [0.15, 0.2) is 24.3 Å². The summed E-state index contributed by atoms with van der Waals surface area (Å²) in [4.78, 5) is 2.57. The molecule has 1 fully saturated rings. The maximum Gasteiger partial charge on any atom is 0.119 e. The Labute approximate surface area is 129 Å². The van der Waals surface area contributed by atoms with Gasteiger partial charge in [-0.3, -0.25) is 4.90 Å². The van der Waals surface area contributed by atoms with Gasteiger partial charge in [-0.15, -0.1) is 0 Å². The first-order valence-electron chi connectivity index (χ1n) is 8.34. The summed E-state index contributed by atoms with van der Waals surface area (Å²) in [6.07, 6.45) is 3.65. The third-order valence-electron chi connectivity index (χ3n) is 4.40. The van der Waals surface area contributed by atoms with E-state index in [1.165, 1.54) is 24.9 Å². The molecule has 2 unspecified atom stereocenters. The Hall–Kier alpha value is -1.06. The average Bonchev–Trinajstić information content (AvgIpc) is 2.94. The van der Waals surface area contributed by atoms with Crippen LogP contribution in [0.3, 0.4) is 0 Å². The number of benzene rings is 1. The summed E-state index contributed by atoms with van der Waals surface area (Å²) in [6, 6.07) is 9.07. The topological polar surface area (TPSA) is 38.5 Å². The minimum absolute atomic E-state index is 0.0876. The number of likely N-dealkylation sites (tertiary alicyclic amines) is 1. The number of nitrogens with two attached hydrogens (primary N) is 1. The van der Waals surface area contributed by atoms with Crippen LogP contribution in [0.4, 0.5) is 0 Å². The lowest BCUT2D eigenvalue weighted by molar-refractivity contribution is 0.195. The predicted octanol–water partition coefficient (Wildman–Crippen LogP) is 3.60. The Morgan fingerprint density at radius 3 is 2.62 bits per heavy atom. The molecule has 0 saturated carbocycles. The second kappa shape index (κ2) is 7.81. The lowest BCUT2D eigenvalue weighted by atomic mass is 10.0. The fraction of sp³-hybridized carbons (Fsp3) is 0.667. The largest absolute Gasteiger partial charge is 0.494 e. The molecule has 0 radical (unpaired) electrons. The summed E-state index contributed by atoms with van der Waals surface area (Å²) in [5.74, 6) is 1.65. The fourth-order valence-corrected chi connectivity index (χ4v) is 3.22. The molecule has 1 aliphatic heterocycles. The molecule has 118 valence electrons. The van der Waals surface area contributed by atoms with Gasteiger partial charge >= 0.3 is 0 Å². The fourth-order valence-electron chi connectivity index (χ4n) is 3.22. The van der Waals surface area contributed by atoms with E-state index in [1.54, 1.807) is 0 Å². The second-order valence-corrected chi connectivity index (χ2v) is 6.47. The molecule has 0 amide bonds. The highest BCUT2D eigenvalue weighted by Crippen LogP contribution is 2.26. The van der Waals surface area contributed by atoms with Crippen molar-refractivity contribution in [2.24, 2.45) is 11.7 Å². The first kappa shape index (κ1) is 16.3. The van der Waals surface area contributed by atoms with E-state index in [9.17, 15) is 0 Å². The molecule has 3 heteroatoms. The van der Waals surface area contributed by atoms with E-state index in [2.05, 4.69) is 37.8 Å². The number of rotatable bonds is 7. The number of ether oxygens (including phenoxy) is 1. The molecule has 1 saturated heterocycles. The van der Waals surface area contributed by atoms with E-state index in [0.717, 1.165) is 25.3 Å². The minimum atomic E-state index is 0.0876. The van der Waals surface area contributed by atoms with Crippen LogP contribution in [0.25, 0.3) is 0 Å². The van der Waals surface area contributed by atoms with Crippen molar-refractivity contribution in [3.63, 3.8) is 0 Å². The zero-order valence-electron chi connectivity index (χ0n) is 13.7. The van der Waals surface area contributed by atoms with Crippen molar-refractivity contribution in [2.75, 3.05) is 19.7 Å². The van der Waals surface area contributed by atoms with Crippen LogP contribution < -0.4 is 10.5 Å². The predicted molar refractivity (Wildman–Crippen MR) is 88.6 cm³/mol. The molecular formula is C18H30N2O. The van der Waals surface area contributed by atoms with Crippen LogP contribution in [-0.4, -0.2) is 30.6 Å². The van der Waals surface area contributed by atoms with Crippen molar-refractivity contribution in [2.45, 2.75) is 52.1 Å². The van der Waals surface area contributed by atoms with Gasteiger partial charge in [0.15, 0.2) is 0 Å². The molecule has 2 rings (SSSR count). The molecular weight excluding hydrogens is 260 g/mol. The monoisotopic (exact) mass is 290 g/mol. The molecule has 1 aliphatic rings. The number of hydrogen-bond acceptors (Lipinski definition) is 3. The summed E-state index contributed by atoms with van der Waals surface area (Å²) >= 11 is 0. The summed E-state index contributed by atoms with van der Waals surface area (Å²) in [6.45, 7) is 9.66. The van der Waals surface area contributed by atoms with Gasteiger partial charge in [0.05, 0.1) is 6.61 Å². The van der Waals surface area contributed by atoms with Crippen molar-refractivity contribution >= 4 is 0 Å². The van der Waals surface area contributed by atoms with Crippen molar-refractivity contribution in [3.05, 3.63) is 29.8 Å². The Morgan fingerprint density at radius 2 is 2.00 bits per heavy atom. The Bertz CT molecular complexity index is 416. The summed E-state index contributed by atoms with van der Waals surface area (Å²) < 4.78 is 5.62. The maximum absolute atomic E-state index is 6.40. The Morgan fingerprint density at radius 1 is 1.29 bits per heavy atom. The first-order chi connectivity index (χ1) is 10.1. The van der Waals surface area contributed by atoms with Crippen molar-refractivity contribution in [1.82, 2.24) is 4.90 Å². The lowest BCUT2D eigenvalue weighted by Gasteiger charge is -2.30. The van der Waals surface area contributed by atoms with E-state index in [-0.39, 0.29) is 6.04 Å². The zero-order chi connectivity index (χ0) is 15.2. The van der Waals surface area contributed by atoms with Crippen LogP contribution in [-0.2, 0) is 0 Å². The van der Waals surface area contributed by atoms with Crippen molar-refractivity contribution in [3.8, 4) is 5.75 Å². The second-order valence-electron chi connectivity index (χ2n) is 6.47. The molecule has 1 aromatic carbocycles. The Kier molecular flexibility index (Phi) is 6.07. The van der Waals surface area contributed by atoms with Gasteiger partial charge < -0.3 is 10.5 Å². The SMILES string of the molecule is CCCOc1ccc(C(N)CN2CCCC2C(C)C)cc1. The molecule has 3 nitrogen and oxygen atoms in total. The molecule has 0 spiro atoms. The molecule has 0 aromatic heterocycles. The normalized spacial score (nSPS) is 20.9. The third kappa shape index (κ3) is 4.45. The Balaban J connectivity index is 1.92. The van der Waals surface area contributed by atoms with Gasteiger partial charge in [-0.2, -0.15) is 0 Å². The highest BCUT2D eigenvalue weighted by molar-refractivity contribution is 5.29. The van der Waals surface area contributed by atoms with E-state index < -0.39 is 0 Å². The van der Waals surface area contributed by atoms with Gasteiger partial charge in [0.25, 0.3) is 0 Å². The molecule has 1 aromatic rings. The first-order valence-corrected chi connectivity index (χ1v) is 8.34. The van der Waals surface area contributed by atoms with E-state index in [0.29, 0.717) is 12.0 Å². The van der Waals surface area contributed by atoms with Gasteiger partial charge in [-0.05, 0) is 49.4 Å². The molecule has 0 aliphatic carbocycles. The maximum atomic E-state index is 6.40. The van der Waals surface area contributed by atoms with E-state index in [4.69, 9.17) is 10.5 Å². The highest BCUT2D eigenvalue weighted by atomic mass is 16.5. The van der Waals surface area contributed by atoms with Crippen molar-refractivity contribution in [1.29, 1.82) is 0 Å². The van der Waals surface area contributed by atoms with Crippen LogP contribution in [0, 0.1) is 5.92 Å². The van der Waals surface area contributed by atoms with E-state index in [1.807, 2.05) is 12.1 Å². The summed E-state index contributed by atoms with van der Waals surface area (Å²) in [5, 5.41) is 0.